The summed E-state index contributed by atoms with van der Waals surface area (Å²) in [5.74, 6) is 2.27. The molecular formula is C14H19N5O2. The quantitative estimate of drug-likeness (QED) is 0.892. The van der Waals surface area contributed by atoms with Crippen molar-refractivity contribution in [2.24, 2.45) is 0 Å². The second-order valence-corrected chi connectivity index (χ2v) is 5.14. The molecule has 1 aromatic heterocycles. The Kier molecular flexibility index (Phi) is 4.01. The van der Waals surface area contributed by atoms with E-state index in [1.807, 2.05) is 25.1 Å². The molecule has 2 heterocycles. The molecule has 0 saturated carbocycles. The van der Waals surface area contributed by atoms with E-state index in [1.54, 1.807) is 0 Å². The fourth-order valence-corrected chi connectivity index (χ4v) is 2.35. The van der Waals surface area contributed by atoms with Gasteiger partial charge >= 0.3 is 0 Å². The molecule has 21 heavy (non-hydrogen) atoms. The minimum atomic E-state index is 0.00901. The van der Waals surface area contributed by atoms with E-state index in [2.05, 4.69) is 32.9 Å². The number of nitrogens with one attached hydrogen (secondary N) is 2. The van der Waals surface area contributed by atoms with Crippen molar-refractivity contribution >= 4 is 0 Å². The first-order valence-electron chi connectivity index (χ1n) is 7.13. The maximum Gasteiger partial charge on any atom is 0.191 e. The Morgan fingerprint density at radius 3 is 2.71 bits per heavy atom. The lowest BCUT2D eigenvalue weighted by Gasteiger charge is -2.19. The van der Waals surface area contributed by atoms with Crippen LogP contribution in [0.3, 0.4) is 0 Å². The Morgan fingerprint density at radius 2 is 1.95 bits per heavy atom. The van der Waals surface area contributed by atoms with Crippen molar-refractivity contribution in [3.05, 3.63) is 29.6 Å². The Morgan fingerprint density at radius 1 is 1.14 bits per heavy atom. The van der Waals surface area contributed by atoms with E-state index in [0.29, 0.717) is 19.0 Å². The van der Waals surface area contributed by atoms with E-state index in [9.17, 15) is 0 Å². The van der Waals surface area contributed by atoms with Crippen molar-refractivity contribution in [2.75, 3.05) is 13.2 Å². The summed E-state index contributed by atoms with van der Waals surface area (Å²) in [6.45, 7) is 5.49. The maximum atomic E-state index is 5.72. The van der Waals surface area contributed by atoms with E-state index in [1.165, 1.54) is 0 Å². The van der Waals surface area contributed by atoms with Crippen LogP contribution in [0, 0.1) is 0 Å². The summed E-state index contributed by atoms with van der Waals surface area (Å²) < 4.78 is 11.4. The summed E-state index contributed by atoms with van der Waals surface area (Å²) in [4.78, 5) is 0. The molecule has 2 aromatic rings. The van der Waals surface area contributed by atoms with Gasteiger partial charge in [0, 0.05) is 12.5 Å². The smallest absolute Gasteiger partial charge is 0.191 e. The van der Waals surface area contributed by atoms with E-state index < -0.39 is 0 Å². The molecule has 7 nitrogen and oxygen atoms in total. The Labute approximate surface area is 123 Å². The molecule has 7 heteroatoms. The van der Waals surface area contributed by atoms with Crippen LogP contribution in [0.25, 0.3) is 0 Å². The maximum absolute atomic E-state index is 5.72. The highest BCUT2D eigenvalue weighted by Gasteiger charge is 2.17. The van der Waals surface area contributed by atoms with Gasteiger partial charge in [-0.2, -0.15) is 5.21 Å². The summed E-state index contributed by atoms with van der Waals surface area (Å²) in [7, 11) is 0. The van der Waals surface area contributed by atoms with Crippen LogP contribution >= 0.6 is 0 Å². The van der Waals surface area contributed by atoms with Crippen LogP contribution in [0.2, 0.25) is 0 Å². The molecule has 0 bridgehead atoms. The number of H-pyrrole nitrogens is 1. The van der Waals surface area contributed by atoms with Crippen LogP contribution in [-0.4, -0.2) is 33.8 Å². The lowest BCUT2D eigenvalue weighted by molar-refractivity contribution is 0.297. The number of hydrogen-bond donors (Lipinski definition) is 2. The molecule has 0 aliphatic carbocycles. The van der Waals surface area contributed by atoms with Crippen molar-refractivity contribution in [1.82, 2.24) is 25.9 Å². The van der Waals surface area contributed by atoms with Gasteiger partial charge in [-0.25, -0.2) is 0 Å². The van der Waals surface area contributed by atoms with Crippen LogP contribution in [0.4, 0.5) is 0 Å². The van der Waals surface area contributed by atoms with Crippen molar-refractivity contribution in [1.29, 1.82) is 0 Å². The number of rotatable bonds is 4. The molecule has 2 unspecified atom stereocenters. The van der Waals surface area contributed by atoms with Crippen LogP contribution in [0.15, 0.2) is 18.2 Å². The predicted octanol–water partition coefficient (Wildman–Crippen LogP) is 1.77. The van der Waals surface area contributed by atoms with Gasteiger partial charge < -0.3 is 14.8 Å². The Hall–Kier alpha value is -2.15. The molecular weight excluding hydrogens is 270 g/mol. The third-order valence-electron chi connectivity index (χ3n) is 3.52. The molecule has 1 aliphatic rings. The van der Waals surface area contributed by atoms with Crippen molar-refractivity contribution in [3.63, 3.8) is 0 Å². The van der Waals surface area contributed by atoms with Crippen LogP contribution in [0.5, 0.6) is 11.5 Å². The molecule has 0 spiro atoms. The van der Waals surface area contributed by atoms with Gasteiger partial charge in [-0.05, 0) is 31.5 Å². The zero-order valence-corrected chi connectivity index (χ0v) is 12.2. The summed E-state index contributed by atoms with van der Waals surface area (Å²) in [5.41, 5.74) is 1.13. The molecule has 0 amide bonds. The first-order chi connectivity index (χ1) is 10.2. The number of nitrogens with zero attached hydrogens (tertiary/aromatic N) is 3. The van der Waals surface area contributed by atoms with E-state index in [0.717, 1.165) is 23.5 Å². The third-order valence-corrected chi connectivity index (χ3v) is 3.52. The minimum Gasteiger partial charge on any atom is -0.490 e. The average molecular weight is 289 g/mol. The normalized spacial score (nSPS) is 17.0. The van der Waals surface area contributed by atoms with Crippen molar-refractivity contribution in [3.8, 4) is 11.5 Å². The summed E-state index contributed by atoms with van der Waals surface area (Å²) in [5, 5.41) is 17.5. The molecule has 3 rings (SSSR count). The molecule has 0 fully saturated rings. The number of fused-ring (bicyclic) bond motifs is 1. The third kappa shape index (κ3) is 3.13. The van der Waals surface area contributed by atoms with Gasteiger partial charge in [-0.3, -0.25) is 0 Å². The first kappa shape index (κ1) is 13.8. The largest absolute Gasteiger partial charge is 0.490 e. The Bertz CT molecular complexity index is 587. The van der Waals surface area contributed by atoms with Crippen LogP contribution in [0.1, 0.15) is 43.7 Å². The molecule has 0 saturated heterocycles. The molecule has 1 aromatic carbocycles. The number of aromatic nitrogens is 4. The Balaban J connectivity index is 1.72. The molecule has 2 atom stereocenters. The summed E-state index contributed by atoms with van der Waals surface area (Å²) >= 11 is 0. The number of tetrazole rings is 1. The number of ether oxygens (including phenoxy) is 2. The number of benzene rings is 1. The van der Waals surface area contributed by atoms with Gasteiger partial charge in [0.15, 0.2) is 17.3 Å². The van der Waals surface area contributed by atoms with Crippen molar-refractivity contribution < 1.29 is 9.47 Å². The molecule has 0 radical (unpaired) electrons. The van der Waals surface area contributed by atoms with Gasteiger partial charge in [0.2, 0.25) is 0 Å². The second kappa shape index (κ2) is 6.09. The monoisotopic (exact) mass is 289 g/mol. The number of hydrogen-bond acceptors (Lipinski definition) is 6. The zero-order chi connectivity index (χ0) is 14.7. The molecule has 1 aliphatic heterocycles. The highest BCUT2D eigenvalue weighted by molar-refractivity contribution is 5.44. The van der Waals surface area contributed by atoms with Gasteiger partial charge in [-0.1, -0.05) is 11.3 Å². The highest BCUT2D eigenvalue weighted by Crippen LogP contribution is 2.32. The van der Waals surface area contributed by atoms with Crippen LogP contribution < -0.4 is 14.8 Å². The average Bonchev–Trinajstić information content (AvgIpc) is 2.92. The predicted molar refractivity (Wildman–Crippen MR) is 76.2 cm³/mol. The van der Waals surface area contributed by atoms with Gasteiger partial charge in [0.1, 0.15) is 0 Å². The lowest BCUT2D eigenvalue weighted by atomic mass is 10.1. The van der Waals surface area contributed by atoms with Crippen LogP contribution in [-0.2, 0) is 0 Å². The summed E-state index contributed by atoms with van der Waals surface area (Å²) in [6, 6.07) is 6.19. The molecule has 112 valence electrons. The fraction of sp³-hybridized carbons (Fsp3) is 0.500. The SMILES string of the molecule is CC(NC(C)c1nn[nH]n1)c1ccc2c(c1)OCCCO2. The van der Waals surface area contributed by atoms with Gasteiger partial charge in [-0.15, -0.1) is 10.2 Å². The lowest BCUT2D eigenvalue weighted by Crippen LogP contribution is -2.23. The molecule has 2 N–H and O–H groups in total. The first-order valence-corrected chi connectivity index (χ1v) is 7.13. The highest BCUT2D eigenvalue weighted by atomic mass is 16.5. The topological polar surface area (TPSA) is 85.0 Å². The standard InChI is InChI=1S/C14H19N5O2/c1-9(15-10(2)14-16-18-19-17-14)11-4-5-12-13(8-11)21-7-3-6-20-12/h4-5,8-10,15H,3,6-7H2,1-2H3,(H,16,17,18,19). The summed E-state index contributed by atoms with van der Waals surface area (Å²) in [6.07, 6.45) is 0.909. The van der Waals surface area contributed by atoms with Gasteiger partial charge in [0.05, 0.1) is 19.3 Å². The van der Waals surface area contributed by atoms with E-state index >= 15 is 0 Å². The van der Waals surface area contributed by atoms with Gasteiger partial charge in [0.25, 0.3) is 0 Å². The van der Waals surface area contributed by atoms with Crippen molar-refractivity contribution in [2.45, 2.75) is 32.4 Å². The zero-order valence-electron chi connectivity index (χ0n) is 12.2. The minimum absolute atomic E-state index is 0.00901. The number of aromatic amines is 1. The second-order valence-electron chi connectivity index (χ2n) is 5.14. The van der Waals surface area contributed by atoms with E-state index in [-0.39, 0.29) is 12.1 Å². The van der Waals surface area contributed by atoms with E-state index in [4.69, 9.17) is 9.47 Å². The fourth-order valence-electron chi connectivity index (χ4n) is 2.35.